The smallest absolute Gasteiger partial charge is 0.251 e. The van der Waals surface area contributed by atoms with E-state index in [0.29, 0.717) is 12.1 Å². The van der Waals surface area contributed by atoms with E-state index in [-0.39, 0.29) is 10.8 Å². The topological polar surface area (TPSA) is 87.7 Å². The number of morpholine rings is 1. The molecule has 7 nitrogen and oxygen atoms in total. The third-order valence-electron chi connectivity index (χ3n) is 4.04. The molecule has 1 aromatic rings. The number of ether oxygens (including phenoxy) is 1. The fourth-order valence-corrected chi connectivity index (χ4v) is 3.66. The Morgan fingerprint density at radius 1 is 1.29 bits per heavy atom. The Balaban J connectivity index is 1.93. The molecule has 0 radical (unpaired) electrons. The summed E-state index contributed by atoms with van der Waals surface area (Å²) in [6.07, 6.45) is 0.730. The van der Waals surface area contributed by atoms with Gasteiger partial charge >= 0.3 is 0 Å². The third kappa shape index (κ3) is 5.01. The van der Waals surface area contributed by atoms with E-state index >= 15 is 0 Å². The van der Waals surface area contributed by atoms with E-state index in [1.165, 1.54) is 19.2 Å². The first kappa shape index (κ1) is 18.9. The number of hydrogen-bond acceptors (Lipinski definition) is 5. The van der Waals surface area contributed by atoms with Crippen molar-refractivity contribution in [3.05, 3.63) is 29.3 Å². The Morgan fingerprint density at radius 3 is 2.67 bits per heavy atom. The predicted molar refractivity (Wildman–Crippen MR) is 91.6 cm³/mol. The first-order chi connectivity index (χ1) is 11.4. The molecule has 0 unspecified atom stereocenters. The molecule has 1 fully saturated rings. The largest absolute Gasteiger partial charge is 0.379 e. The highest BCUT2D eigenvalue weighted by Gasteiger charge is 2.17. The molecule has 0 saturated carbocycles. The van der Waals surface area contributed by atoms with Crippen LogP contribution in [0.15, 0.2) is 23.1 Å². The number of amides is 1. The van der Waals surface area contributed by atoms with Gasteiger partial charge < -0.3 is 10.1 Å². The molecule has 0 aliphatic carbocycles. The van der Waals surface area contributed by atoms with Crippen molar-refractivity contribution in [1.29, 1.82) is 0 Å². The molecule has 1 aliphatic rings. The van der Waals surface area contributed by atoms with E-state index < -0.39 is 10.0 Å². The van der Waals surface area contributed by atoms with Crippen molar-refractivity contribution in [3.8, 4) is 0 Å². The van der Waals surface area contributed by atoms with Crippen LogP contribution in [-0.2, 0) is 14.8 Å². The first-order valence-electron chi connectivity index (χ1n) is 8.06. The Bertz CT molecular complexity index is 670. The fourth-order valence-electron chi connectivity index (χ4n) is 2.56. The molecule has 0 spiro atoms. The van der Waals surface area contributed by atoms with Gasteiger partial charge in [0.2, 0.25) is 10.0 Å². The van der Waals surface area contributed by atoms with E-state index in [4.69, 9.17) is 4.74 Å². The lowest BCUT2D eigenvalue weighted by Crippen LogP contribution is -2.38. The lowest BCUT2D eigenvalue weighted by molar-refractivity contribution is 0.0376. The van der Waals surface area contributed by atoms with Gasteiger partial charge in [0.05, 0.1) is 18.1 Å². The van der Waals surface area contributed by atoms with E-state index in [2.05, 4.69) is 14.9 Å². The highest BCUT2D eigenvalue weighted by molar-refractivity contribution is 7.89. The third-order valence-corrected chi connectivity index (χ3v) is 5.50. The summed E-state index contributed by atoms with van der Waals surface area (Å²) >= 11 is 0. The summed E-state index contributed by atoms with van der Waals surface area (Å²) < 4.78 is 32.6. The zero-order chi connectivity index (χ0) is 17.6. The molecule has 1 heterocycles. The molecule has 134 valence electrons. The molecule has 0 bridgehead atoms. The van der Waals surface area contributed by atoms with Gasteiger partial charge in [-0.1, -0.05) is 6.07 Å². The van der Waals surface area contributed by atoms with Crippen molar-refractivity contribution in [3.63, 3.8) is 0 Å². The minimum atomic E-state index is -3.62. The quantitative estimate of drug-likeness (QED) is 0.690. The van der Waals surface area contributed by atoms with Crippen molar-refractivity contribution in [2.75, 3.05) is 46.4 Å². The monoisotopic (exact) mass is 355 g/mol. The second kappa shape index (κ2) is 8.57. The van der Waals surface area contributed by atoms with Crippen molar-refractivity contribution in [2.24, 2.45) is 0 Å². The van der Waals surface area contributed by atoms with Crippen LogP contribution < -0.4 is 10.0 Å². The fraction of sp³-hybridized carbons (Fsp3) is 0.562. The second-order valence-electron chi connectivity index (χ2n) is 5.76. The van der Waals surface area contributed by atoms with Gasteiger partial charge in [-0.2, -0.15) is 0 Å². The molecule has 1 amide bonds. The van der Waals surface area contributed by atoms with Crippen LogP contribution in [0.5, 0.6) is 0 Å². The minimum Gasteiger partial charge on any atom is -0.379 e. The molecule has 0 atom stereocenters. The summed E-state index contributed by atoms with van der Waals surface area (Å²) in [5.74, 6) is -0.295. The van der Waals surface area contributed by atoms with E-state index in [1.54, 1.807) is 13.0 Å². The molecule has 1 saturated heterocycles. The summed E-state index contributed by atoms with van der Waals surface area (Å²) in [7, 11) is -2.10. The lowest BCUT2D eigenvalue weighted by atomic mass is 10.1. The summed E-state index contributed by atoms with van der Waals surface area (Å²) in [5, 5.41) is 2.52. The first-order valence-corrected chi connectivity index (χ1v) is 9.55. The Hall–Kier alpha value is -1.48. The minimum absolute atomic E-state index is 0.109. The number of hydrogen-bond donors (Lipinski definition) is 2. The van der Waals surface area contributed by atoms with Crippen molar-refractivity contribution in [2.45, 2.75) is 18.2 Å². The maximum Gasteiger partial charge on any atom is 0.251 e. The summed E-state index contributed by atoms with van der Waals surface area (Å²) in [6.45, 7) is 6.22. The maximum absolute atomic E-state index is 12.4. The van der Waals surface area contributed by atoms with E-state index in [1.807, 2.05) is 0 Å². The molecule has 0 aromatic heterocycles. The van der Waals surface area contributed by atoms with E-state index in [0.717, 1.165) is 44.8 Å². The maximum atomic E-state index is 12.4. The summed E-state index contributed by atoms with van der Waals surface area (Å²) in [6, 6.07) is 4.58. The number of aryl methyl sites for hydroxylation is 1. The van der Waals surface area contributed by atoms with Crippen LogP contribution >= 0.6 is 0 Å². The SMILES string of the molecule is CNC(=O)c1cc(S(=O)(=O)NCCCN2CCOCC2)ccc1C. The highest BCUT2D eigenvalue weighted by Crippen LogP contribution is 2.15. The van der Waals surface area contributed by atoms with Gasteiger partial charge in [0.1, 0.15) is 0 Å². The zero-order valence-electron chi connectivity index (χ0n) is 14.2. The number of nitrogens with zero attached hydrogens (tertiary/aromatic N) is 1. The molecule has 1 aliphatic heterocycles. The van der Waals surface area contributed by atoms with Crippen LogP contribution in [0.2, 0.25) is 0 Å². The molecule has 24 heavy (non-hydrogen) atoms. The Kier molecular flexibility index (Phi) is 6.73. The van der Waals surface area contributed by atoms with Crippen LogP contribution in [0.25, 0.3) is 0 Å². The molecular weight excluding hydrogens is 330 g/mol. The lowest BCUT2D eigenvalue weighted by Gasteiger charge is -2.26. The van der Waals surface area contributed by atoms with Gasteiger partial charge in [0.25, 0.3) is 5.91 Å². The van der Waals surface area contributed by atoms with Gasteiger partial charge in [0, 0.05) is 32.2 Å². The number of benzene rings is 1. The van der Waals surface area contributed by atoms with Gasteiger partial charge in [-0.15, -0.1) is 0 Å². The number of rotatable bonds is 7. The number of sulfonamides is 1. The summed E-state index contributed by atoms with van der Waals surface area (Å²) in [4.78, 5) is 14.2. The molecule has 2 N–H and O–H groups in total. The van der Waals surface area contributed by atoms with Gasteiger partial charge in [-0.05, 0) is 37.6 Å². The van der Waals surface area contributed by atoms with Crippen molar-refractivity contribution < 1.29 is 17.9 Å². The van der Waals surface area contributed by atoms with Crippen LogP contribution in [0.1, 0.15) is 22.3 Å². The summed E-state index contributed by atoms with van der Waals surface area (Å²) in [5.41, 5.74) is 1.11. The average molecular weight is 355 g/mol. The molecule has 1 aromatic carbocycles. The Labute approximate surface area is 143 Å². The molecule has 2 rings (SSSR count). The Morgan fingerprint density at radius 2 is 2.00 bits per heavy atom. The number of carbonyl (C=O) groups excluding carboxylic acids is 1. The highest BCUT2D eigenvalue weighted by atomic mass is 32.2. The average Bonchev–Trinajstić information content (AvgIpc) is 2.59. The second-order valence-corrected chi connectivity index (χ2v) is 7.53. The van der Waals surface area contributed by atoms with Gasteiger partial charge in [0.15, 0.2) is 0 Å². The molecular formula is C16H25N3O4S. The molecule has 8 heteroatoms. The normalized spacial score (nSPS) is 16.1. The van der Waals surface area contributed by atoms with Crippen LogP contribution in [-0.4, -0.2) is 65.7 Å². The van der Waals surface area contributed by atoms with Crippen molar-refractivity contribution >= 4 is 15.9 Å². The van der Waals surface area contributed by atoms with Gasteiger partial charge in [-0.25, -0.2) is 13.1 Å². The standard InChI is InChI=1S/C16H25N3O4S/c1-13-4-5-14(12-15(13)16(20)17-2)24(21,22)18-6-3-7-19-8-10-23-11-9-19/h4-5,12,18H,3,6-11H2,1-2H3,(H,17,20). The zero-order valence-corrected chi connectivity index (χ0v) is 15.0. The van der Waals surface area contributed by atoms with Crippen LogP contribution in [0.4, 0.5) is 0 Å². The number of carbonyl (C=O) groups is 1. The predicted octanol–water partition coefficient (Wildman–Crippen LogP) is 0.355. The number of nitrogens with one attached hydrogen (secondary N) is 2. The van der Waals surface area contributed by atoms with Gasteiger partial charge in [-0.3, -0.25) is 9.69 Å². The van der Waals surface area contributed by atoms with Crippen molar-refractivity contribution in [1.82, 2.24) is 14.9 Å². The van der Waals surface area contributed by atoms with E-state index in [9.17, 15) is 13.2 Å². The van der Waals surface area contributed by atoms with Crippen LogP contribution in [0, 0.1) is 6.92 Å². The van der Waals surface area contributed by atoms with Crippen LogP contribution in [0.3, 0.4) is 0 Å².